The van der Waals surface area contributed by atoms with Crippen molar-refractivity contribution in [2.45, 2.75) is 39.2 Å². The molecule has 25 heavy (non-hydrogen) atoms. The number of nitrogens with zero attached hydrogens (tertiary/aromatic N) is 1. The first kappa shape index (κ1) is 19.1. The van der Waals surface area contributed by atoms with E-state index < -0.39 is 5.97 Å². The quantitative estimate of drug-likeness (QED) is 0.588. The third-order valence-corrected chi connectivity index (χ3v) is 4.41. The number of aliphatic carboxylic acids is 1. The molecule has 0 bridgehead atoms. The number of unbranched alkanes of at least 4 members (excludes halogenated alkanes) is 2. The van der Waals surface area contributed by atoms with Gasteiger partial charge in [0, 0.05) is 11.9 Å². The summed E-state index contributed by atoms with van der Waals surface area (Å²) in [5.74, 6) is 0.581. The standard InChI is InChI=1S/C18H24N2O4S/c1-3-4-5-8-24-15-7-6-13(9-16(15)23-2)11-19-18-20-14(12-25-18)10-17(21)22/h6-7,9,12H,3-5,8,10-11H2,1-2H3,(H,19,20)(H,21,22). The monoisotopic (exact) mass is 364 g/mol. The normalized spacial score (nSPS) is 10.5. The molecule has 0 aliphatic heterocycles. The molecule has 0 amide bonds. The lowest BCUT2D eigenvalue weighted by atomic mass is 10.2. The fraction of sp³-hybridized carbons (Fsp3) is 0.444. The molecule has 1 aromatic heterocycles. The van der Waals surface area contributed by atoms with Crippen molar-refractivity contribution in [3.05, 3.63) is 34.8 Å². The van der Waals surface area contributed by atoms with E-state index in [9.17, 15) is 4.79 Å². The van der Waals surface area contributed by atoms with Crippen molar-refractivity contribution in [2.75, 3.05) is 19.0 Å². The van der Waals surface area contributed by atoms with Crippen molar-refractivity contribution >= 4 is 22.4 Å². The van der Waals surface area contributed by atoms with Crippen LogP contribution in [0.2, 0.25) is 0 Å². The molecule has 1 heterocycles. The van der Waals surface area contributed by atoms with Crippen LogP contribution in [-0.4, -0.2) is 29.8 Å². The van der Waals surface area contributed by atoms with Crippen LogP contribution in [0.15, 0.2) is 23.6 Å². The van der Waals surface area contributed by atoms with Crippen molar-refractivity contribution in [2.24, 2.45) is 0 Å². The van der Waals surface area contributed by atoms with Gasteiger partial charge in [-0.1, -0.05) is 25.8 Å². The third-order valence-electron chi connectivity index (χ3n) is 3.56. The van der Waals surface area contributed by atoms with Crippen molar-refractivity contribution in [1.29, 1.82) is 0 Å². The zero-order valence-electron chi connectivity index (χ0n) is 14.6. The number of hydrogen-bond donors (Lipinski definition) is 2. The second-order valence-corrected chi connectivity index (χ2v) is 6.47. The number of nitrogens with one attached hydrogen (secondary N) is 1. The van der Waals surface area contributed by atoms with E-state index in [1.165, 1.54) is 11.3 Å². The lowest BCUT2D eigenvalue weighted by Gasteiger charge is -2.12. The fourth-order valence-corrected chi connectivity index (χ4v) is 2.99. The van der Waals surface area contributed by atoms with Gasteiger partial charge in [-0.05, 0) is 24.1 Å². The molecule has 0 radical (unpaired) electrons. The number of anilines is 1. The minimum Gasteiger partial charge on any atom is -0.493 e. The minimum absolute atomic E-state index is 0.0595. The molecule has 136 valence electrons. The Bertz CT molecular complexity index is 687. The van der Waals surface area contributed by atoms with E-state index >= 15 is 0 Å². The van der Waals surface area contributed by atoms with Gasteiger partial charge in [0.25, 0.3) is 0 Å². The lowest BCUT2D eigenvalue weighted by molar-refractivity contribution is -0.136. The van der Waals surface area contributed by atoms with Crippen LogP contribution in [0.5, 0.6) is 11.5 Å². The lowest BCUT2D eigenvalue weighted by Crippen LogP contribution is -2.03. The van der Waals surface area contributed by atoms with Crippen LogP contribution in [0.1, 0.15) is 37.4 Å². The van der Waals surface area contributed by atoms with E-state index in [0.717, 1.165) is 30.6 Å². The molecule has 1 aromatic carbocycles. The predicted octanol–water partition coefficient (Wildman–Crippen LogP) is 3.96. The number of rotatable bonds is 11. The highest BCUT2D eigenvalue weighted by Gasteiger charge is 2.08. The molecule has 2 rings (SSSR count). The highest BCUT2D eigenvalue weighted by atomic mass is 32.1. The highest BCUT2D eigenvalue weighted by molar-refractivity contribution is 7.13. The van der Waals surface area contributed by atoms with Gasteiger partial charge < -0.3 is 19.9 Å². The van der Waals surface area contributed by atoms with Crippen molar-refractivity contribution in [3.63, 3.8) is 0 Å². The van der Waals surface area contributed by atoms with Gasteiger partial charge in [-0.25, -0.2) is 4.98 Å². The van der Waals surface area contributed by atoms with Crippen molar-refractivity contribution < 1.29 is 19.4 Å². The number of ether oxygens (including phenoxy) is 2. The van der Waals surface area contributed by atoms with E-state index in [-0.39, 0.29) is 6.42 Å². The smallest absolute Gasteiger partial charge is 0.309 e. The summed E-state index contributed by atoms with van der Waals surface area (Å²) in [6.07, 6.45) is 3.29. The Balaban J connectivity index is 1.91. The van der Waals surface area contributed by atoms with Gasteiger partial charge in [-0.2, -0.15) is 0 Å². The summed E-state index contributed by atoms with van der Waals surface area (Å²) < 4.78 is 11.2. The van der Waals surface area contributed by atoms with Crippen LogP contribution in [0, 0.1) is 0 Å². The van der Waals surface area contributed by atoms with Crippen LogP contribution in [0.3, 0.4) is 0 Å². The van der Waals surface area contributed by atoms with E-state index in [0.29, 0.717) is 29.7 Å². The molecule has 0 atom stereocenters. The zero-order valence-corrected chi connectivity index (χ0v) is 15.4. The molecule has 0 saturated carbocycles. The molecule has 2 aromatic rings. The molecule has 0 unspecified atom stereocenters. The van der Waals surface area contributed by atoms with Crippen molar-refractivity contribution in [3.8, 4) is 11.5 Å². The molecule has 0 aliphatic carbocycles. The molecule has 7 heteroatoms. The van der Waals surface area contributed by atoms with E-state index in [1.54, 1.807) is 12.5 Å². The summed E-state index contributed by atoms with van der Waals surface area (Å²) >= 11 is 1.40. The van der Waals surface area contributed by atoms with Gasteiger partial charge in [0.1, 0.15) is 0 Å². The summed E-state index contributed by atoms with van der Waals surface area (Å²) in [6.45, 7) is 3.43. The van der Waals surface area contributed by atoms with Crippen LogP contribution >= 0.6 is 11.3 Å². The average molecular weight is 364 g/mol. The topological polar surface area (TPSA) is 80.7 Å². The van der Waals surface area contributed by atoms with Crippen LogP contribution in [0.25, 0.3) is 0 Å². The number of hydrogen-bond acceptors (Lipinski definition) is 6. The molecule has 0 aliphatic rings. The Labute approximate surface area is 151 Å². The summed E-state index contributed by atoms with van der Waals surface area (Å²) in [5.41, 5.74) is 1.60. The largest absolute Gasteiger partial charge is 0.493 e. The molecule has 2 N–H and O–H groups in total. The van der Waals surface area contributed by atoms with Gasteiger partial charge in [0.05, 0.1) is 25.8 Å². The Hall–Kier alpha value is -2.28. The summed E-state index contributed by atoms with van der Waals surface area (Å²) in [7, 11) is 1.63. The van der Waals surface area contributed by atoms with Gasteiger partial charge in [0.15, 0.2) is 16.6 Å². The second-order valence-electron chi connectivity index (χ2n) is 5.61. The first-order valence-corrected chi connectivity index (χ1v) is 9.20. The molecular weight excluding hydrogens is 340 g/mol. The Morgan fingerprint density at radius 2 is 2.16 bits per heavy atom. The van der Waals surface area contributed by atoms with E-state index in [1.807, 2.05) is 18.2 Å². The first-order valence-electron chi connectivity index (χ1n) is 8.32. The average Bonchev–Trinajstić information content (AvgIpc) is 3.04. The molecule has 0 spiro atoms. The van der Waals surface area contributed by atoms with Gasteiger partial charge >= 0.3 is 5.97 Å². The van der Waals surface area contributed by atoms with E-state index in [2.05, 4.69) is 17.2 Å². The highest BCUT2D eigenvalue weighted by Crippen LogP contribution is 2.29. The Morgan fingerprint density at radius 3 is 2.88 bits per heavy atom. The van der Waals surface area contributed by atoms with Gasteiger partial charge in [-0.3, -0.25) is 4.79 Å². The van der Waals surface area contributed by atoms with Gasteiger partial charge in [0.2, 0.25) is 0 Å². The molecule has 0 saturated heterocycles. The Kier molecular flexibility index (Phi) is 7.53. The number of carboxylic acids is 1. The third kappa shape index (κ3) is 6.26. The first-order chi connectivity index (χ1) is 12.1. The SMILES string of the molecule is CCCCCOc1ccc(CNc2nc(CC(=O)O)cs2)cc1OC. The number of carboxylic acid groups (broad SMARTS) is 1. The maximum absolute atomic E-state index is 10.7. The molecule has 6 nitrogen and oxygen atoms in total. The minimum atomic E-state index is -0.879. The van der Waals surface area contributed by atoms with Crippen LogP contribution < -0.4 is 14.8 Å². The molecule has 0 fully saturated rings. The van der Waals surface area contributed by atoms with Crippen LogP contribution in [-0.2, 0) is 17.8 Å². The van der Waals surface area contributed by atoms with Gasteiger partial charge in [-0.15, -0.1) is 11.3 Å². The van der Waals surface area contributed by atoms with Crippen molar-refractivity contribution in [1.82, 2.24) is 4.98 Å². The van der Waals surface area contributed by atoms with Crippen LogP contribution in [0.4, 0.5) is 5.13 Å². The number of carbonyl (C=O) groups is 1. The maximum atomic E-state index is 10.7. The number of aromatic nitrogens is 1. The predicted molar refractivity (Wildman–Crippen MR) is 98.8 cm³/mol. The summed E-state index contributed by atoms with van der Waals surface area (Å²) in [5, 5.41) is 14.4. The van der Waals surface area contributed by atoms with E-state index in [4.69, 9.17) is 14.6 Å². The maximum Gasteiger partial charge on any atom is 0.309 e. The fourth-order valence-electron chi connectivity index (χ4n) is 2.28. The summed E-state index contributed by atoms with van der Waals surface area (Å²) in [4.78, 5) is 14.9. The number of thiazole rings is 1. The molecular formula is C18H24N2O4S. The zero-order chi connectivity index (χ0) is 18.1. The Morgan fingerprint density at radius 1 is 1.32 bits per heavy atom. The summed E-state index contributed by atoms with van der Waals surface area (Å²) in [6, 6.07) is 5.84. The second kappa shape index (κ2) is 9.88. The number of methoxy groups -OCH3 is 1. The number of benzene rings is 1.